The highest BCUT2D eigenvalue weighted by Gasteiger charge is 2.13. The minimum Gasteiger partial charge on any atom is -0.497 e. The maximum Gasteiger partial charge on any atom is 0.345 e. The van der Waals surface area contributed by atoms with Crippen LogP contribution in [0.25, 0.3) is 22.2 Å². The maximum atomic E-state index is 12.4. The lowest BCUT2D eigenvalue weighted by Gasteiger charge is -2.03. The molecule has 2 aromatic heterocycles. The van der Waals surface area contributed by atoms with Crippen LogP contribution in [0.3, 0.4) is 0 Å². The molecular formula is C20H13Br2N3O3S. The molecule has 2 heterocycles. The summed E-state index contributed by atoms with van der Waals surface area (Å²) in [5.41, 5.74) is 4.78. The molecule has 4 rings (SSSR count). The van der Waals surface area contributed by atoms with Gasteiger partial charge in [0.25, 0.3) is 0 Å². The summed E-state index contributed by atoms with van der Waals surface area (Å²) in [7, 11) is 1.62. The Kier molecular flexibility index (Phi) is 5.79. The Hall–Kier alpha value is -2.49. The molecular weight excluding hydrogens is 522 g/mol. The minimum absolute atomic E-state index is 0.394. The zero-order valence-electron chi connectivity index (χ0n) is 15.0. The molecule has 1 N–H and O–H groups in total. The van der Waals surface area contributed by atoms with E-state index in [2.05, 4.69) is 47.4 Å². The van der Waals surface area contributed by atoms with Crippen molar-refractivity contribution in [2.24, 2.45) is 5.10 Å². The number of aromatic nitrogens is 1. The van der Waals surface area contributed by atoms with Gasteiger partial charge in [0.2, 0.25) is 5.13 Å². The van der Waals surface area contributed by atoms with Gasteiger partial charge in [0.05, 0.1) is 29.1 Å². The van der Waals surface area contributed by atoms with Crippen LogP contribution in [0, 0.1) is 0 Å². The first-order valence-corrected chi connectivity index (χ1v) is 10.8. The third kappa shape index (κ3) is 4.42. The van der Waals surface area contributed by atoms with Crippen molar-refractivity contribution in [3.63, 3.8) is 0 Å². The van der Waals surface area contributed by atoms with Gasteiger partial charge in [-0.05, 0) is 64.0 Å². The first-order valence-electron chi connectivity index (χ1n) is 8.35. The van der Waals surface area contributed by atoms with Crippen LogP contribution in [0.15, 0.2) is 71.1 Å². The second-order valence-corrected chi connectivity index (χ2v) is 8.56. The molecule has 146 valence electrons. The fraction of sp³-hybridized carbons (Fsp3) is 0.0500. The number of thiazole rings is 1. The summed E-state index contributed by atoms with van der Waals surface area (Å²) in [4.78, 5) is 16.9. The van der Waals surface area contributed by atoms with E-state index in [-0.39, 0.29) is 0 Å². The number of benzene rings is 2. The van der Waals surface area contributed by atoms with Crippen LogP contribution >= 0.6 is 43.2 Å². The molecule has 0 aliphatic heterocycles. The molecule has 0 aliphatic rings. The van der Waals surface area contributed by atoms with Gasteiger partial charge in [0, 0.05) is 15.2 Å². The lowest BCUT2D eigenvalue weighted by Crippen LogP contribution is -2.03. The summed E-state index contributed by atoms with van der Waals surface area (Å²) in [6, 6.07) is 13.0. The first-order chi connectivity index (χ1) is 14.0. The van der Waals surface area contributed by atoms with Crippen molar-refractivity contribution >= 4 is 65.5 Å². The van der Waals surface area contributed by atoms with Gasteiger partial charge in [-0.25, -0.2) is 9.78 Å². The number of nitrogens with one attached hydrogen (secondary N) is 1. The standard InChI is InChI=1S/C20H13Br2N3O3S/c1-27-14-4-2-11(3-5-14)9-23-25-20-24-17(10-29-20)15-7-12-6-13(21)8-16(22)18(12)28-19(15)26/h2-10H,1H3,(H,24,25)/b23-9+. The Bertz CT molecular complexity index is 1270. The Balaban J connectivity index is 1.56. The minimum atomic E-state index is -0.445. The highest BCUT2D eigenvalue weighted by atomic mass is 79.9. The smallest absolute Gasteiger partial charge is 0.345 e. The summed E-state index contributed by atoms with van der Waals surface area (Å²) in [5.74, 6) is 0.785. The van der Waals surface area contributed by atoms with Crippen LogP contribution in [0.2, 0.25) is 0 Å². The maximum absolute atomic E-state index is 12.4. The van der Waals surface area contributed by atoms with E-state index in [1.807, 2.05) is 36.4 Å². The first kappa shape index (κ1) is 19.8. The highest BCUT2D eigenvalue weighted by molar-refractivity contribution is 9.11. The number of halogens is 2. The van der Waals surface area contributed by atoms with E-state index in [0.29, 0.717) is 26.4 Å². The van der Waals surface area contributed by atoms with Crippen molar-refractivity contribution < 1.29 is 9.15 Å². The molecule has 0 saturated heterocycles. The SMILES string of the molecule is COc1ccc(/C=N/Nc2nc(-c3cc4cc(Br)cc(Br)c4oc3=O)cs2)cc1. The predicted molar refractivity (Wildman–Crippen MR) is 123 cm³/mol. The van der Waals surface area contributed by atoms with Crippen molar-refractivity contribution in [3.05, 3.63) is 72.8 Å². The second-order valence-electron chi connectivity index (χ2n) is 5.93. The molecule has 29 heavy (non-hydrogen) atoms. The van der Waals surface area contributed by atoms with Gasteiger partial charge in [-0.3, -0.25) is 5.43 Å². The Labute approximate surface area is 186 Å². The number of fused-ring (bicyclic) bond motifs is 1. The number of rotatable bonds is 5. The fourth-order valence-electron chi connectivity index (χ4n) is 2.64. The van der Waals surface area contributed by atoms with Crippen LogP contribution in [-0.4, -0.2) is 18.3 Å². The molecule has 4 aromatic rings. The zero-order valence-corrected chi connectivity index (χ0v) is 19.0. The monoisotopic (exact) mass is 533 g/mol. The quantitative estimate of drug-likeness (QED) is 0.196. The van der Waals surface area contributed by atoms with E-state index in [0.717, 1.165) is 21.2 Å². The normalized spacial score (nSPS) is 11.3. The van der Waals surface area contributed by atoms with Crippen LogP contribution in [0.5, 0.6) is 5.75 Å². The molecule has 0 aliphatic carbocycles. The van der Waals surface area contributed by atoms with Gasteiger partial charge in [-0.2, -0.15) is 5.10 Å². The molecule has 0 unspecified atom stereocenters. The third-order valence-electron chi connectivity index (χ3n) is 4.02. The van der Waals surface area contributed by atoms with Gasteiger partial charge in [-0.15, -0.1) is 11.3 Å². The van der Waals surface area contributed by atoms with E-state index in [9.17, 15) is 4.79 Å². The summed E-state index contributed by atoms with van der Waals surface area (Å²) < 4.78 is 12.2. The lowest BCUT2D eigenvalue weighted by atomic mass is 10.1. The Morgan fingerprint density at radius 1 is 1.21 bits per heavy atom. The van der Waals surface area contributed by atoms with Gasteiger partial charge in [0.15, 0.2) is 5.58 Å². The fourth-order valence-corrected chi connectivity index (χ4v) is 4.64. The van der Waals surface area contributed by atoms with E-state index >= 15 is 0 Å². The Morgan fingerprint density at radius 2 is 2.00 bits per heavy atom. The number of nitrogens with zero attached hydrogens (tertiary/aromatic N) is 2. The van der Waals surface area contributed by atoms with Crippen molar-refractivity contribution in [1.82, 2.24) is 4.98 Å². The van der Waals surface area contributed by atoms with E-state index < -0.39 is 5.63 Å². The predicted octanol–water partition coefficient (Wildman–Crippen LogP) is 5.90. The number of anilines is 1. The molecule has 9 heteroatoms. The summed E-state index contributed by atoms with van der Waals surface area (Å²) in [6.45, 7) is 0. The average molecular weight is 535 g/mol. The molecule has 2 aromatic carbocycles. The number of ether oxygens (including phenoxy) is 1. The highest BCUT2D eigenvalue weighted by Crippen LogP contribution is 2.31. The van der Waals surface area contributed by atoms with Crippen molar-refractivity contribution in [2.75, 3.05) is 12.5 Å². The molecule has 0 amide bonds. The molecule has 0 spiro atoms. The average Bonchev–Trinajstić information content (AvgIpc) is 3.17. The van der Waals surface area contributed by atoms with E-state index in [1.54, 1.807) is 24.8 Å². The van der Waals surface area contributed by atoms with Gasteiger partial charge in [-0.1, -0.05) is 15.9 Å². The molecule has 0 atom stereocenters. The largest absolute Gasteiger partial charge is 0.497 e. The van der Waals surface area contributed by atoms with E-state index in [1.165, 1.54) is 11.3 Å². The van der Waals surface area contributed by atoms with E-state index in [4.69, 9.17) is 9.15 Å². The van der Waals surface area contributed by atoms with Crippen molar-refractivity contribution in [2.45, 2.75) is 0 Å². The summed E-state index contributed by atoms with van der Waals surface area (Å²) in [5, 5.41) is 7.34. The lowest BCUT2D eigenvalue weighted by molar-refractivity contribution is 0.415. The zero-order chi connectivity index (χ0) is 20.4. The molecule has 6 nitrogen and oxygen atoms in total. The van der Waals surface area contributed by atoms with Crippen LogP contribution in [-0.2, 0) is 0 Å². The number of methoxy groups -OCH3 is 1. The topological polar surface area (TPSA) is 76.7 Å². The van der Waals surface area contributed by atoms with Crippen LogP contribution < -0.4 is 15.8 Å². The van der Waals surface area contributed by atoms with Crippen molar-refractivity contribution in [1.29, 1.82) is 0 Å². The molecule has 0 bridgehead atoms. The van der Waals surface area contributed by atoms with Crippen molar-refractivity contribution in [3.8, 4) is 17.0 Å². The number of hydrazone groups is 1. The summed E-state index contributed by atoms with van der Waals surface area (Å²) in [6.07, 6.45) is 1.68. The number of hydrogen-bond acceptors (Lipinski definition) is 7. The number of hydrogen-bond donors (Lipinski definition) is 1. The summed E-state index contributed by atoms with van der Waals surface area (Å²) >= 11 is 8.21. The van der Waals surface area contributed by atoms with Gasteiger partial charge < -0.3 is 9.15 Å². The second kappa shape index (κ2) is 8.48. The van der Waals surface area contributed by atoms with Crippen LogP contribution in [0.1, 0.15) is 5.56 Å². The molecule has 0 saturated carbocycles. The van der Waals surface area contributed by atoms with Gasteiger partial charge >= 0.3 is 5.63 Å². The third-order valence-corrected chi connectivity index (χ3v) is 5.82. The molecule has 0 radical (unpaired) electrons. The van der Waals surface area contributed by atoms with Crippen LogP contribution in [0.4, 0.5) is 5.13 Å². The van der Waals surface area contributed by atoms with Gasteiger partial charge in [0.1, 0.15) is 5.75 Å². The Morgan fingerprint density at radius 3 is 2.76 bits per heavy atom. The molecule has 0 fully saturated rings.